The van der Waals surface area contributed by atoms with Crippen molar-refractivity contribution < 1.29 is 22.7 Å². The van der Waals surface area contributed by atoms with Gasteiger partial charge < -0.3 is 15.0 Å². The fourth-order valence-corrected chi connectivity index (χ4v) is 5.14. The highest BCUT2D eigenvalue weighted by atomic mass is 35.5. The molecule has 3 aromatic rings. The Labute approximate surface area is 241 Å². The average molecular weight is 586 g/mol. The van der Waals surface area contributed by atoms with Crippen molar-refractivity contribution in [1.29, 1.82) is 0 Å². The van der Waals surface area contributed by atoms with Crippen LogP contribution in [0.3, 0.4) is 0 Å². The maximum atomic E-state index is 14.1. The third kappa shape index (κ3) is 8.99. The lowest BCUT2D eigenvalue weighted by atomic mass is 10.0. The molecule has 0 bridgehead atoms. The van der Waals surface area contributed by atoms with Crippen LogP contribution in [0.2, 0.25) is 5.02 Å². The zero-order valence-corrected chi connectivity index (χ0v) is 24.8. The van der Waals surface area contributed by atoms with Gasteiger partial charge in [-0.3, -0.25) is 13.9 Å². The molecule has 10 heteroatoms. The summed E-state index contributed by atoms with van der Waals surface area (Å²) < 4.78 is 32.0. The Balaban J connectivity index is 2.05. The molecule has 0 spiro atoms. The number of sulfonamides is 1. The van der Waals surface area contributed by atoms with Crippen LogP contribution in [0.15, 0.2) is 78.9 Å². The normalized spacial score (nSPS) is 12.1. The molecule has 8 nitrogen and oxygen atoms in total. The van der Waals surface area contributed by atoms with Gasteiger partial charge in [0.25, 0.3) is 0 Å². The second-order valence-electron chi connectivity index (χ2n) is 9.96. The van der Waals surface area contributed by atoms with Crippen molar-refractivity contribution in [3.63, 3.8) is 0 Å². The van der Waals surface area contributed by atoms with Crippen LogP contribution in [0.25, 0.3) is 0 Å². The Morgan fingerprint density at radius 3 is 2.20 bits per heavy atom. The molecule has 0 fully saturated rings. The number of ether oxygens (including phenoxy) is 1. The number of amides is 2. The summed E-state index contributed by atoms with van der Waals surface area (Å²) >= 11 is 6.01. The summed E-state index contributed by atoms with van der Waals surface area (Å²) in [7, 11) is -2.30. The van der Waals surface area contributed by atoms with Gasteiger partial charge in [-0.2, -0.15) is 0 Å². The number of nitrogens with zero attached hydrogens (tertiary/aromatic N) is 2. The highest BCUT2D eigenvalue weighted by Crippen LogP contribution is 2.23. The van der Waals surface area contributed by atoms with Gasteiger partial charge in [-0.1, -0.05) is 67.9 Å². The third-order valence-electron chi connectivity index (χ3n) is 6.24. The topological polar surface area (TPSA) is 96.0 Å². The summed E-state index contributed by atoms with van der Waals surface area (Å²) in [5.41, 5.74) is 1.90. The van der Waals surface area contributed by atoms with E-state index in [1.54, 1.807) is 49.6 Å². The summed E-state index contributed by atoms with van der Waals surface area (Å²) in [4.78, 5) is 29.1. The van der Waals surface area contributed by atoms with Gasteiger partial charge in [0.15, 0.2) is 0 Å². The lowest BCUT2D eigenvalue weighted by Gasteiger charge is -2.33. The molecule has 0 aliphatic heterocycles. The molecule has 0 heterocycles. The minimum atomic E-state index is -3.85. The van der Waals surface area contributed by atoms with E-state index in [2.05, 4.69) is 5.32 Å². The van der Waals surface area contributed by atoms with Crippen LogP contribution in [0.1, 0.15) is 25.0 Å². The zero-order chi connectivity index (χ0) is 29.3. The number of carbonyl (C=O) groups is 2. The van der Waals surface area contributed by atoms with E-state index in [4.69, 9.17) is 16.3 Å². The van der Waals surface area contributed by atoms with Crippen LogP contribution in [0.5, 0.6) is 5.75 Å². The molecule has 40 heavy (non-hydrogen) atoms. The second kappa shape index (κ2) is 14.2. The lowest BCUT2D eigenvalue weighted by molar-refractivity contribution is -0.140. The Hall–Kier alpha value is -3.56. The molecule has 0 saturated heterocycles. The molecule has 1 atom stereocenters. The van der Waals surface area contributed by atoms with Crippen molar-refractivity contribution in [3.05, 3.63) is 95.0 Å². The van der Waals surface area contributed by atoms with Gasteiger partial charge in [-0.05, 0) is 53.4 Å². The molecule has 0 aliphatic rings. The van der Waals surface area contributed by atoms with Crippen molar-refractivity contribution in [1.82, 2.24) is 10.2 Å². The van der Waals surface area contributed by atoms with E-state index in [1.165, 1.54) is 4.90 Å². The molecule has 214 valence electrons. The van der Waals surface area contributed by atoms with Crippen LogP contribution in [-0.2, 0) is 32.6 Å². The van der Waals surface area contributed by atoms with E-state index >= 15 is 0 Å². The summed E-state index contributed by atoms with van der Waals surface area (Å²) in [6.07, 6.45) is 1.29. The number of rotatable bonds is 13. The quantitative estimate of drug-likeness (QED) is 0.318. The maximum absolute atomic E-state index is 14.1. The van der Waals surface area contributed by atoms with Crippen molar-refractivity contribution in [3.8, 4) is 5.75 Å². The van der Waals surface area contributed by atoms with Crippen LogP contribution >= 0.6 is 11.6 Å². The first-order chi connectivity index (χ1) is 19.0. The van der Waals surface area contributed by atoms with Gasteiger partial charge in [0.05, 0.1) is 19.1 Å². The van der Waals surface area contributed by atoms with Crippen LogP contribution < -0.4 is 14.4 Å². The molecule has 1 unspecified atom stereocenters. The standard InChI is InChI=1S/C30H36ClN3O5S/c1-22(2)19-32-30(36)28(18-23-9-6-5-7-10-23)33(20-24-11-8-12-27(17-24)39-3)29(35)21-34(40(4,37)38)26-15-13-25(31)14-16-26/h5-17,22,28H,18-21H2,1-4H3,(H,32,36). The van der Waals surface area contributed by atoms with Gasteiger partial charge in [0.1, 0.15) is 18.3 Å². The summed E-state index contributed by atoms with van der Waals surface area (Å²) in [5.74, 6) is -0.0304. The predicted molar refractivity (Wildman–Crippen MR) is 159 cm³/mol. The number of halogens is 1. The Morgan fingerprint density at radius 2 is 1.60 bits per heavy atom. The molecular weight excluding hydrogens is 550 g/mol. The molecule has 0 radical (unpaired) electrons. The Bertz CT molecular complexity index is 1380. The number of anilines is 1. The molecule has 1 N–H and O–H groups in total. The predicted octanol–water partition coefficient (Wildman–Crippen LogP) is 4.53. The fourth-order valence-electron chi connectivity index (χ4n) is 4.17. The number of hydrogen-bond acceptors (Lipinski definition) is 5. The average Bonchev–Trinajstić information content (AvgIpc) is 2.92. The minimum Gasteiger partial charge on any atom is -0.497 e. The highest BCUT2D eigenvalue weighted by Gasteiger charge is 2.33. The summed E-state index contributed by atoms with van der Waals surface area (Å²) in [5, 5.41) is 3.40. The first-order valence-electron chi connectivity index (χ1n) is 12.9. The summed E-state index contributed by atoms with van der Waals surface area (Å²) in [6.45, 7) is 3.99. The van der Waals surface area contributed by atoms with E-state index < -0.39 is 28.5 Å². The van der Waals surface area contributed by atoms with E-state index in [-0.39, 0.29) is 24.8 Å². The van der Waals surface area contributed by atoms with Gasteiger partial charge in [-0.25, -0.2) is 8.42 Å². The zero-order valence-electron chi connectivity index (χ0n) is 23.2. The monoisotopic (exact) mass is 585 g/mol. The van der Waals surface area contributed by atoms with Crippen LogP contribution in [-0.4, -0.2) is 57.6 Å². The molecule has 0 aromatic heterocycles. The van der Waals surface area contributed by atoms with E-state index in [0.717, 1.165) is 21.7 Å². The summed E-state index contributed by atoms with van der Waals surface area (Å²) in [6, 6.07) is 21.9. The Morgan fingerprint density at radius 1 is 0.950 bits per heavy atom. The molecule has 2 amide bonds. The lowest BCUT2D eigenvalue weighted by Crippen LogP contribution is -2.53. The van der Waals surface area contributed by atoms with Crippen molar-refractivity contribution >= 4 is 39.1 Å². The van der Waals surface area contributed by atoms with Crippen molar-refractivity contribution in [2.75, 3.05) is 30.8 Å². The maximum Gasteiger partial charge on any atom is 0.244 e. The molecule has 0 aliphatic carbocycles. The molecule has 3 rings (SSSR count). The highest BCUT2D eigenvalue weighted by molar-refractivity contribution is 7.92. The van der Waals surface area contributed by atoms with Gasteiger partial charge >= 0.3 is 0 Å². The Kier molecular flexibility index (Phi) is 11.0. The van der Waals surface area contributed by atoms with Gasteiger partial charge in [0, 0.05) is 24.5 Å². The van der Waals surface area contributed by atoms with Crippen molar-refractivity contribution in [2.45, 2.75) is 32.9 Å². The van der Waals surface area contributed by atoms with Crippen LogP contribution in [0.4, 0.5) is 5.69 Å². The number of benzene rings is 3. The number of nitrogens with one attached hydrogen (secondary N) is 1. The SMILES string of the molecule is COc1cccc(CN(C(=O)CN(c2ccc(Cl)cc2)S(C)(=O)=O)C(Cc2ccccc2)C(=O)NCC(C)C)c1. The van der Waals surface area contributed by atoms with E-state index in [1.807, 2.05) is 50.2 Å². The second-order valence-corrected chi connectivity index (χ2v) is 12.3. The first-order valence-corrected chi connectivity index (χ1v) is 15.2. The number of carbonyl (C=O) groups excluding carboxylic acids is 2. The number of hydrogen-bond donors (Lipinski definition) is 1. The fraction of sp³-hybridized carbons (Fsp3) is 0.333. The smallest absolute Gasteiger partial charge is 0.244 e. The van der Waals surface area contributed by atoms with E-state index in [9.17, 15) is 18.0 Å². The van der Waals surface area contributed by atoms with Gasteiger partial charge in [-0.15, -0.1) is 0 Å². The van der Waals surface area contributed by atoms with E-state index in [0.29, 0.717) is 23.0 Å². The van der Waals surface area contributed by atoms with Gasteiger partial charge in [0.2, 0.25) is 21.8 Å². The van der Waals surface area contributed by atoms with Crippen LogP contribution in [0, 0.1) is 5.92 Å². The third-order valence-corrected chi connectivity index (χ3v) is 7.63. The van der Waals surface area contributed by atoms with Crippen molar-refractivity contribution in [2.24, 2.45) is 5.92 Å². The number of methoxy groups -OCH3 is 1. The largest absolute Gasteiger partial charge is 0.497 e. The molecule has 3 aromatic carbocycles. The first kappa shape index (κ1) is 31.0. The molecular formula is C30H36ClN3O5S. The minimum absolute atomic E-state index is 0.0703. The molecule has 0 saturated carbocycles.